The Morgan fingerprint density at radius 1 is 1.38 bits per heavy atom. The van der Waals surface area contributed by atoms with Gasteiger partial charge in [-0.1, -0.05) is 0 Å². The molecule has 1 unspecified atom stereocenters. The van der Waals surface area contributed by atoms with Crippen LogP contribution in [0.15, 0.2) is 39.5 Å². The van der Waals surface area contributed by atoms with Gasteiger partial charge in [0.05, 0.1) is 0 Å². The van der Waals surface area contributed by atoms with Crippen LogP contribution < -0.4 is 10.2 Å². The largest absolute Gasteiger partial charge is 0.508 e. The monoisotopic (exact) mass is 282 g/mol. The fourth-order valence-corrected chi connectivity index (χ4v) is 1.97. The van der Waals surface area contributed by atoms with Gasteiger partial charge < -0.3 is 14.3 Å². The molecule has 1 heterocycles. The van der Waals surface area contributed by atoms with Gasteiger partial charge >= 0.3 is 0 Å². The van der Waals surface area contributed by atoms with E-state index in [9.17, 15) is 9.90 Å². The Kier molecular flexibility index (Phi) is 2.95. The van der Waals surface area contributed by atoms with Crippen molar-refractivity contribution in [2.45, 2.75) is 13.0 Å². The van der Waals surface area contributed by atoms with E-state index in [-0.39, 0.29) is 22.7 Å². The highest BCUT2D eigenvalue weighted by atomic mass is 16.5. The van der Waals surface area contributed by atoms with Gasteiger partial charge in [-0.05, 0) is 19.1 Å². The van der Waals surface area contributed by atoms with Gasteiger partial charge in [0.15, 0.2) is 28.6 Å². The predicted molar refractivity (Wildman–Crippen MR) is 74.3 cm³/mol. The van der Waals surface area contributed by atoms with Gasteiger partial charge in [-0.25, -0.2) is 4.98 Å². The van der Waals surface area contributed by atoms with E-state index in [1.54, 1.807) is 13.0 Å². The van der Waals surface area contributed by atoms with Gasteiger partial charge in [0.1, 0.15) is 23.0 Å². The van der Waals surface area contributed by atoms with Crippen LogP contribution in [0, 0.1) is 11.3 Å². The average molecular weight is 282 g/mol. The third-order valence-electron chi connectivity index (χ3n) is 2.89. The van der Waals surface area contributed by atoms with Crippen molar-refractivity contribution in [3.63, 3.8) is 0 Å². The Labute approximate surface area is 119 Å². The van der Waals surface area contributed by atoms with E-state index in [0.717, 1.165) is 0 Å². The molecule has 6 heteroatoms. The van der Waals surface area contributed by atoms with Crippen LogP contribution in [-0.2, 0) is 0 Å². The molecule has 6 nitrogen and oxygen atoms in total. The zero-order valence-electron chi connectivity index (χ0n) is 11.0. The van der Waals surface area contributed by atoms with Crippen LogP contribution in [0.2, 0.25) is 0 Å². The fraction of sp³-hybridized carbons (Fsp3) is 0.133. The van der Waals surface area contributed by atoms with Crippen LogP contribution in [0.25, 0.3) is 22.6 Å². The van der Waals surface area contributed by atoms with Crippen LogP contribution in [0.1, 0.15) is 6.92 Å². The molecule has 0 fully saturated rings. The van der Waals surface area contributed by atoms with Gasteiger partial charge in [0, 0.05) is 18.2 Å². The molecule has 0 radical (unpaired) electrons. The first-order valence-corrected chi connectivity index (χ1v) is 6.21. The number of ether oxygens (including phenoxy) is 1. The lowest BCUT2D eigenvalue weighted by molar-refractivity contribution is 0.276. The fourth-order valence-electron chi connectivity index (χ4n) is 1.97. The van der Waals surface area contributed by atoms with E-state index in [0.29, 0.717) is 16.8 Å². The summed E-state index contributed by atoms with van der Waals surface area (Å²) in [5.74, 6) is 0.478. The number of nitriles is 1. The number of benzene rings is 2. The van der Waals surface area contributed by atoms with Crippen LogP contribution >= 0.6 is 0 Å². The quantitative estimate of drug-likeness (QED) is 0.724. The van der Waals surface area contributed by atoms with Crippen LogP contribution in [-0.4, -0.2) is 16.2 Å². The van der Waals surface area contributed by atoms with E-state index in [4.69, 9.17) is 14.4 Å². The lowest BCUT2D eigenvalue weighted by atomic mass is 10.2. The first-order valence-electron chi connectivity index (χ1n) is 6.21. The minimum atomic E-state index is -0.715. The number of fused-ring (bicyclic) bond motifs is 2. The minimum Gasteiger partial charge on any atom is -0.508 e. The summed E-state index contributed by atoms with van der Waals surface area (Å²) in [4.78, 5) is 16.0. The molecule has 104 valence electrons. The maximum absolute atomic E-state index is 11.7. The lowest BCUT2D eigenvalue weighted by Gasteiger charge is -2.13. The highest BCUT2D eigenvalue weighted by Gasteiger charge is 2.18. The number of nitrogens with zero attached hydrogens (tertiary/aromatic N) is 2. The zero-order valence-corrected chi connectivity index (χ0v) is 11.0. The maximum atomic E-state index is 11.7. The summed E-state index contributed by atoms with van der Waals surface area (Å²) >= 11 is 0. The van der Waals surface area contributed by atoms with Gasteiger partial charge in [0.25, 0.3) is 0 Å². The molecule has 1 aliphatic heterocycles. The molecule has 1 atom stereocenters. The Balaban J connectivity index is 2.28. The molecular weight excluding hydrogens is 272 g/mol. The molecule has 1 N–H and O–H groups in total. The second-order valence-corrected chi connectivity index (χ2v) is 4.52. The van der Waals surface area contributed by atoms with Crippen molar-refractivity contribution < 1.29 is 14.3 Å². The molecule has 2 aliphatic rings. The minimum absolute atomic E-state index is 0.0419. The molecule has 0 aromatic heterocycles. The smallest absolute Gasteiger partial charge is 0.186 e. The third kappa shape index (κ3) is 2.37. The Morgan fingerprint density at radius 3 is 2.95 bits per heavy atom. The number of aromatic hydroxyl groups is 1. The van der Waals surface area contributed by atoms with Crippen molar-refractivity contribution in [3.8, 4) is 29.0 Å². The maximum Gasteiger partial charge on any atom is 0.186 e. The molecule has 0 amide bonds. The van der Waals surface area contributed by atoms with E-state index in [2.05, 4.69) is 4.98 Å². The van der Waals surface area contributed by atoms with Crippen molar-refractivity contribution in [3.05, 3.63) is 40.6 Å². The molecule has 0 saturated heterocycles. The van der Waals surface area contributed by atoms with Crippen molar-refractivity contribution in [1.82, 2.24) is 4.98 Å². The highest BCUT2D eigenvalue weighted by molar-refractivity contribution is 5.79. The summed E-state index contributed by atoms with van der Waals surface area (Å²) in [5.41, 5.74) is 0.906. The third-order valence-corrected chi connectivity index (χ3v) is 2.89. The molecule has 0 bridgehead atoms. The SMILES string of the molecule is CC(C#N)Oc1cc(=O)cc2oc3cc(O)ccc3nc1-2. The van der Waals surface area contributed by atoms with Crippen molar-refractivity contribution in [1.29, 1.82) is 5.26 Å². The molecular formula is C15H10N2O4. The number of phenolic OH excluding ortho intramolecular Hbond substituents is 1. The Bertz CT molecular complexity index is 894. The summed E-state index contributed by atoms with van der Waals surface area (Å²) in [6, 6.07) is 8.97. The van der Waals surface area contributed by atoms with Gasteiger partial charge in [-0.2, -0.15) is 5.26 Å². The first kappa shape index (κ1) is 12.9. The highest BCUT2D eigenvalue weighted by Crippen LogP contribution is 2.32. The molecule has 21 heavy (non-hydrogen) atoms. The van der Waals surface area contributed by atoms with Crippen molar-refractivity contribution in [2.24, 2.45) is 0 Å². The van der Waals surface area contributed by atoms with E-state index >= 15 is 0 Å². The molecule has 0 spiro atoms. The second kappa shape index (κ2) is 4.80. The number of aromatic nitrogens is 1. The van der Waals surface area contributed by atoms with Crippen LogP contribution in [0.4, 0.5) is 0 Å². The number of hydrogen-bond acceptors (Lipinski definition) is 6. The normalized spacial score (nSPS) is 12.2. The van der Waals surface area contributed by atoms with Crippen molar-refractivity contribution >= 4 is 11.1 Å². The van der Waals surface area contributed by atoms with Gasteiger partial charge in [-0.15, -0.1) is 0 Å². The molecule has 1 aliphatic carbocycles. The zero-order chi connectivity index (χ0) is 15.0. The standard InChI is InChI=1S/C15H10N2O4/c1-8(7-16)20-13-5-10(19)6-14-15(13)17-11-3-2-9(18)4-12(11)21-14/h2-6,8,18H,1H3. The summed E-state index contributed by atoms with van der Waals surface area (Å²) in [5, 5.41) is 18.3. The molecule has 3 rings (SSSR count). The van der Waals surface area contributed by atoms with Gasteiger partial charge in [-0.3, -0.25) is 4.79 Å². The molecule has 0 saturated carbocycles. The van der Waals surface area contributed by atoms with E-state index in [1.807, 2.05) is 6.07 Å². The van der Waals surface area contributed by atoms with E-state index < -0.39 is 6.10 Å². The summed E-state index contributed by atoms with van der Waals surface area (Å²) < 4.78 is 11.0. The molecule has 1 aromatic rings. The molecule has 1 aromatic carbocycles. The van der Waals surface area contributed by atoms with Crippen molar-refractivity contribution in [2.75, 3.05) is 0 Å². The van der Waals surface area contributed by atoms with E-state index in [1.165, 1.54) is 24.3 Å². The average Bonchev–Trinajstić information content (AvgIpc) is 2.45. The Hall–Kier alpha value is -3.07. The summed E-state index contributed by atoms with van der Waals surface area (Å²) in [6.07, 6.45) is -0.715. The number of rotatable bonds is 2. The van der Waals surface area contributed by atoms with Gasteiger partial charge in [0.2, 0.25) is 0 Å². The van der Waals surface area contributed by atoms with Crippen LogP contribution in [0.5, 0.6) is 11.5 Å². The first-order chi connectivity index (χ1) is 10.1. The second-order valence-electron chi connectivity index (χ2n) is 4.52. The topological polar surface area (TPSA) is 96.3 Å². The summed E-state index contributed by atoms with van der Waals surface area (Å²) in [7, 11) is 0. The number of hydrogen-bond donors (Lipinski definition) is 1. The predicted octanol–water partition coefficient (Wildman–Crippen LogP) is 2.29. The summed E-state index contributed by atoms with van der Waals surface area (Å²) in [6.45, 7) is 1.57. The Morgan fingerprint density at radius 2 is 2.19 bits per heavy atom. The van der Waals surface area contributed by atoms with Crippen LogP contribution in [0.3, 0.4) is 0 Å². The number of phenols is 1. The lowest BCUT2D eigenvalue weighted by Crippen LogP contribution is -2.12.